The van der Waals surface area contributed by atoms with Crippen molar-refractivity contribution in [2.75, 3.05) is 0 Å². The molecular weight excluding hydrogens is 248 g/mol. The predicted octanol–water partition coefficient (Wildman–Crippen LogP) is -3.85. The molecule has 0 spiro atoms. The first-order valence-electron chi connectivity index (χ1n) is 1.98. The van der Waals surface area contributed by atoms with Crippen molar-refractivity contribution in [3.63, 3.8) is 0 Å². The summed E-state index contributed by atoms with van der Waals surface area (Å²) >= 11 is 0. The van der Waals surface area contributed by atoms with Gasteiger partial charge in [-0.2, -0.15) is 16.8 Å². The molecule has 0 fully saturated rings. The molecule has 0 heterocycles. The van der Waals surface area contributed by atoms with Crippen molar-refractivity contribution in [3.8, 4) is 0 Å². The minimum atomic E-state index is -5.15. The van der Waals surface area contributed by atoms with Crippen LogP contribution in [0.3, 0.4) is 0 Å². The number of carbonyl (C=O) groups is 1. The molecule has 2 N–H and O–H groups in total. The van der Waals surface area contributed by atoms with E-state index in [0.29, 0.717) is 0 Å². The van der Waals surface area contributed by atoms with E-state index in [9.17, 15) is 21.6 Å². The van der Waals surface area contributed by atoms with Gasteiger partial charge in [-0.05, 0) is 0 Å². The second-order valence-corrected chi connectivity index (χ2v) is 3.32. The zero-order chi connectivity index (χ0) is 9.99. The van der Waals surface area contributed by atoms with Gasteiger partial charge < -0.3 is 0 Å². The third kappa shape index (κ3) is 24.6. The average Bonchev–Trinajstić information content (AvgIpc) is 1.49. The molecule has 15 heteroatoms. The molecule has 9 nitrogen and oxygen atoms in total. The fraction of sp³-hybridized carbons (Fsp3) is 0. The molecule has 0 aliphatic heterocycles. The molecule has 0 aromatic heterocycles. The maximum atomic E-state index is 9.95. The summed E-state index contributed by atoms with van der Waals surface area (Å²) in [6, 6.07) is 0. The van der Waals surface area contributed by atoms with Gasteiger partial charge in [0, 0.05) is 0 Å². The molecule has 0 aromatic carbocycles. The molecule has 0 radical (unpaired) electrons. The molecule has 80 valence electrons. The van der Waals surface area contributed by atoms with Crippen LogP contribution in [0.5, 0.6) is 0 Å². The van der Waals surface area contributed by atoms with E-state index in [0.717, 1.165) is 0 Å². The average molecular weight is 254 g/mol. The summed E-state index contributed by atoms with van der Waals surface area (Å²) in [5.41, 5.74) is 0. The van der Waals surface area contributed by atoms with Gasteiger partial charge in [0.15, 0.2) is 0 Å². The molecule has 16 heavy (non-hydrogen) atoms. The SMILES string of the molecule is O=C(OS(=O)(=O)O)OS(=O)(=O)O.[LiH].[LiH].[LiH].[LiH]. The van der Waals surface area contributed by atoms with E-state index in [2.05, 4.69) is 8.37 Å². The summed E-state index contributed by atoms with van der Waals surface area (Å²) in [4.78, 5) is 9.95. The van der Waals surface area contributed by atoms with Crippen LogP contribution in [-0.4, -0.2) is 108 Å². The molecule has 0 saturated heterocycles. The van der Waals surface area contributed by atoms with Gasteiger partial charge in [-0.1, -0.05) is 0 Å². The van der Waals surface area contributed by atoms with Crippen molar-refractivity contribution in [3.05, 3.63) is 0 Å². The van der Waals surface area contributed by atoms with E-state index in [-0.39, 0.29) is 75.4 Å². The molecule has 0 unspecified atom stereocenters. The van der Waals surface area contributed by atoms with Gasteiger partial charge in [0.1, 0.15) is 0 Å². The fourth-order valence-corrected chi connectivity index (χ4v) is 0.641. The first-order chi connectivity index (χ1) is 5.10. The van der Waals surface area contributed by atoms with Gasteiger partial charge in [0.05, 0.1) is 0 Å². The molecule has 0 aromatic rings. The Morgan fingerprint density at radius 1 is 0.750 bits per heavy atom. The summed E-state index contributed by atoms with van der Waals surface area (Å²) in [7, 11) is -10.3. The number of hydrogen-bond donors (Lipinski definition) is 2. The van der Waals surface area contributed by atoms with E-state index in [1.54, 1.807) is 0 Å². The van der Waals surface area contributed by atoms with Gasteiger partial charge in [0.2, 0.25) is 0 Å². The zero-order valence-corrected chi connectivity index (χ0v) is 6.70. The third-order valence-electron chi connectivity index (χ3n) is 0.347. The van der Waals surface area contributed by atoms with Crippen LogP contribution in [0.15, 0.2) is 0 Å². The fourth-order valence-electron chi connectivity index (χ4n) is 0.186. The summed E-state index contributed by atoms with van der Waals surface area (Å²) in [5.74, 6) is 0. The van der Waals surface area contributed by atoms with Crippen LogP contribution in [-0.2, 0) is 29.2 Å². The van der Waals surface area contributed by atoms with E-state index >= 15 is 0 Å². The number of carbonyl (C=O) groups excluding carboxylic acids is 1. The molecule has 0 amide bonds. The normalized spacial score (nSPS) is 9.12. The Kier molecular flexibility index (Phi) is 22.0. The summed E-state index contributed by atoms with van der Waals surface area (Å²) < 4.78 is 60.1. The standard InChI is InChI=1S/CH2O9S2.4Li.4H/c2-1(9-11(3,4)5)10-12(6,7)8;;;;;;;;/h(H,3,4,5)(H,6,7,8);;;;;;;;. The minimum absolute atomic E-state index is 0. The summed E-state index contributed by atoms with van der Waals surface area (Å²) in [5, 5.41) is 0. The predicted molar refractivity (Wildman–Crippen MR) is 59.3 cm³/mol. The monoisotopic (exact) mass is 254 g/mol. The number of hydrogen-bond acceptors (Lipinski definition) is 7. The van der Waals surface area contributed by atoms with Crippen LogP contribution in [0, 0.1) is 0 Å². The Labute approximate surface area is 140 Å². The van der Waals surface area contributed by atoms with Crippen molar-refractivity contribution in [1.82, 2.24) is 0 Å². The second-order valence-electron chi connectivity index (χ2n) is 1.27. The second kappa shape index (κ2) is 11.6. The van der Waals surface area contributed by atoms with Crippen molar-refractivity contribution in [1.29, 1.82) is 0 Å². The van der Waals surface area contributed by atoms with E-state index in [4.69, 9.17) is 9.11 Å². The topological polar surface area (TPSA) is 144 Å². The molecule has 0 rings (SSSR count). The van der Waals surface area contributed by atoms with Crippen LogP contribution in [0.25, 0.3) is 0 Å². The van der Waals surface area contributed by atoms with Gasteiger partial charge in [-0.25, -0.2) is 4.79 Å². The Bertz CT molecular complexity index is 332. The van der Waals surface area contributed by atoms with Gasteiger partial charge in [-0.15, -0.1) is 0 Å². The summed E-state index contributed by atoms with van der Waals surface area (Å²) in [6.45, 7) is 0. The van der Waals surface area contributed by atoms with Crippen molar-refractivity contribution in [2.45, 2.75) is 0 Å². The van der Waals surface area contributed by atoms with Gasteiger partial charge >= 0.3 is 102 Å². The van der Waals surface area contributed by atoms with Crippen LogP contribution in [0.1, 0.15) is 0 Å². The molecule has 0 atom stereocenters. The van der Waals surface area contributed by atoms with E-state index in [1.807, 2.05) is 0 Å². The zero-order valence-electron chi connectivity index (χ0n) is 5.07. The Hall–Kier alpha value is 1.48. The number of rotatable bonds is 2. The molecule has 0 saturated carbocycles. The van der Waals surface area contributed by atoms with Crippen molar-refractivity contribution in [2.24, 2.45) is 0 Å². The first-order valence-corrected chi connectivity index (χ1v) is 4.71. The maximum absolute atomic E-state index is 9.95. The Morgan fingerprint density at radius 3 is 1.06 bits per heavy atom. The summed E-state index contributed by atoms with van der Waals surface area (Å²) in [6.07, 6.45) is -2.29. The Morgan fingerprint density at radius 2 is 0.938 bits per heavy atom. The van der Waals surface area contributed by atoms with Crippen LogP contribution in [0.4, 0.5) is 4.79 Å². The van der Waals surface area contributed by atoms with Crippen molar-refractivity contribution >= 4 is 102 Å². The quantitative estimate of drug-likeness (QED) is 0.373. The van der Waals surface area contributed by atoms with Gasteiger partial charge in [-0.3, -0.25) is 17.5 Å². The Balaban J connectivity index is -0.000000101. The van der Waals surface area contributed by atoms with Crippen LogP contribution < -0.4 is 0 Å². The van der Waals surface area contributed by atoms with E-state index in [1.165, 1.54) is 0 Å². The molecular formula is CH6Li4O9S2. The van der Waals surface area contributed by atoms with Crippen LogP contribution in [0.2, 0.25) is 0 Å². The van der Waals surface area contributed by atoms with Crippen LogP contribution >= 0.6 is 0 Å². The first kappa shape index (κ1) is 30.5. The van der Waals surface area contributed by atoms with Gasteiger partial charge in [0.25, 0.3) is 0 Å². The molecule has 0 aliphatic carbocycles. The van der Waals surface area contributed by atoms with E-state index < -0.39 is 27.0 Å². The third-order valence-corrected chi connectivity index (χ3v) is 1.04. The van der Waals surface area contributed by atoms with Crippen molar-refractivity contribution < 1.29 is 39.1 Å². The molecule has 0 bridgehead atoms. The molecule has 0 aliphatic rings.